The van der Waals surface area contributed by atoms with E-state index in [-0.39, 0.29) is 17.9 Å². The molecule has 2 N–H and O–H groups in total. The number of halogens is 1. The Labute approximate surface area is 114 Å². The van der Waals surface area contributed by atoms with E-state index in [9.17, 15) is 4.39 Å². The summed E-state index contributed by atoms with van der Waals surface area (Å²) >= 11 is 0. The first kappa shape index (κ1) is 14.4. The van der Waals surface area contributed by atoms with Crippen molar-refractivity contribution in [3.63, 3.8) is 0 Å². The summed E-state index contributed by atoms with van der Waals surface area (Å²) in [5.41, 5.74) is 7.23. The Bertz CT molecular complexity index is 386. The van der Waals surface area contributed by atoms with Gasteiger partial charge in [0.15, 0.2) is 0 Å². The number of nitrogens with zero attached hydrogens (tertiary/aromatic N) is 1. The summed E-state index contributed by atoms with van der Waals surface area (Å²) in [6.45, 7) is 3.96. The lowest BCUT2D eigenvalue weighted by Gasteiger charge is -2.39. The summed E-state index contributed by atoms with van der Waals surface area (Å²) in [6.07, 6.45) is 2.42. The SMILES string of the molecule is COC1CCN(C(c2ccc(F)cc2)C(C)N)CC1. The highest BCUT2D eigenvalue weighted by atomic mass is 19.1. The number of hydrogen-bond donors (Lipinski definition) is 1. The van der Waals surface area contributed by atoms with E-state index in [0.717, 1.165) is 31.5 Å². The first-order valence-electron chi connectivity index (χ1n) is 6.89. The van der Waals surface area contributed by atoms with Gasteiger partial charge in [0.2, 0.25) is 0 Å². The lowest BCUT2D eigenvalue weighted by molar-refractivity contribution is 0.0234. The van der Waals surface area contributed by atoms with Crippen molar-refractivity contribution >= 4 is 0 Å². The normalized spacial score (nSPS) is 21.3. The second-order valence-corrected chi connectivity index (χ2v) is 5.33. The van der Waals surface area contributed by atoms with Gasteiger partial charge in [0.05, 0.1) is 6.10 Å². The number of rotatable bonds is 4. The van der Waals surface area contributed by atoms with Crippen molar-refractivity contribution < 1.29 is 9.13 Å². The largest absolute Gasteiger partial charge is 0.381 e. The van der Waals surface area contributed by atoms with Gasteiger partial charge in [0.25, 0.3) is 0 Å². The molecule has 2 atom stereocenters. The number of benzene rings is 1. The summed E-state index contributed by atoms with van der Waals surface area (Å²) in [5.74, 6) is -0.203. The van der Waals surface area contributed by atoms with Crippen LogP contribution >= 0.6 is 0 Å². The van der Waals surface area contributed by atoms with Crippen LogP contribution in [0.2, 0.25) is 0 Å². The molecule has 0 bridgehead atoms. The highest BCUT2D eigenvalue weighted by molar-refractivity contribution is 5.21. The van der Waals surface area contributed by atoms with Gasteiger partial charge in [-0.1, -0.05) is 12.1 Å². The topological polar surface area (TPSA) is 38.5 Å². The van der Waals surface area contributed by atoms with Gasteiger partial charge in [-0.15, -0.1) is 0 Å². The van der Waals surface area contributed by atoms with Gasteiger partial charge in [0.1, 0.15) is 5.82 Å². The quantitative estimate of drug-likeness (QED) is 0.909. The monoisotopic (exact) mass is 266 g/mol. The smallest absolute Gasteiger partial charge is 0.123 e. The molecular weight excluding hydrogens is 243 g/mol. The van der Waals surface area contributed by atoms with Crippen LogP contribution in [0.3, 0.4) is 0 Å². The van der Waals surface area contributed by atoms with Crippen LogP contribution in [0, 0.1) is 5.82 Å². The third-order valence-electron chi connectivity index (χ3n) is 3.91. The zero-order valence-electron chi connectivity index (χ0n) is 11.7. The molecule has 0 amide bonds. The Balaban J connectivity index is 2.10. The van der Waals surface area contributed by atoms with E-state index >= 15 is 0 Å². The van der Waals surface area contributed by atoms with Crippen LogP contribution in [0.5, 0.6) is 0 Å². The van der Waals surface area contributed by atoms with E-state index in [1.807, 2.05) is 19.1 Å². The number of likely N-dealkylation sites (tertiary alicyclic amines) is 1. The second-order valence-electron chi connectivity index (χ2n) is 5.33. The molecule has 3 nitrogen and oxygen atoms in total. The van der Waals surface area contributed by atoms with Crippen LogP contribution < -0.4 is 5.73 Å². The number of hydrogen-bond acceptors (Lipinski definition) is 3. The molecule has 0 aromatic heterocycles. The maximum absolute atomic E-state index is 13.0. The van der Waals surface area contributed by atoms with E-state index in [4.69, 9.17) is 10.5 Å². The summed E-state index contributed by atoms with van der Waals surface area (Å²) in [4.78, 5) is 2.38. The molecule has 1 heterocycles. The van der Waals surface area contributed by atoms with Crippen LogP contribution in [0.1, 0.15) is 31.4 Å². The van der Waals surface area contributed by atoms with E-state index < -0.39 is 0 Å². The number of nitrogens with two attached hydrogens (primary N) is 1. The molecule has 2 unspecified atom stereocenters. The van der Waals surface area contributed by atoms with Crippen molar-refractivity contribution in [1.82, 2.24) is 4.90 Å². The molecule has 0 radical (unpaired) electrons. The van der Waals surface area contributed by atoms with E-state index in [1.54, 1.807) is 7.11 Å². The van der Waals surface area contributed by atoms with Crippen LogP contribution in [-0.2, 0) is 4.74 Å². The molecular formula is C15H23FN2O. The standard InChI is InChI=1S/C15H23FN2O/c1-11(17)15(12-3-5-13(16)6-4-12)18-9-7-14(19-2)8-10-18/h3-6,11,14-15H,7-10,17H2,1-2H3. The minimum absolute atomic E-state index is 0.0181. The number of ether oxygens (including phenoxy) is 1. The lowest BCUT2D eigenvalue weighted by Crippen LogP contribution is -2.45. The Morgan fingerprint density at radius 2 is 1.84 bits per heavy atom. The third kappa shape index (κ3) is 3.53. The summed E-state index contributed by atoms with van der Waals surface area (Å²) in [6, 6.07) is 6.86. The lowest BCUT2D eigenvalue weighted by atomic mass is 9.96. The molecule has 106 valence electrons. The highest BCUT2D eigenvalue weighted by Gasteiger charge is 2.28. The zero-order chi connectivity index (χ0) is 13.8. The van der Waals surface area contributed by atoms with Gasteiger partial charge in [-0.25, -0.2) is 4.39 Å². The van der Waals surface area contributed by atoms with Crippen LogP contribution in [0.4, 0.5) is 4.39 Å². The molecule has 1 aliphatic rings. The summed E-state index contributed by atoms with van der Waals surface area (Å²) in [5, 5.41) is 0. The first-order chi connectivity index (χ1) is 9.11. The van der Waals surface area contributed by atoms with Gasteiger partial charge in [-0.05, 0) is 37.5 Å². The number of methoxy groups -OCH3 is 1. The predicted octanol–water partition coefficient (Wildman–Crippen LogP) is 2.32. The van der Waals surface area contributed by atoms with Gasteiger partial charge in [-0.3, -0.25) is 4.90 Å². The summed E-state index contributed by atoms with van der Waals surface area (Å²) < 4.78 is 18.4. The second kappa shape index (κ2) is 6.46. The van der Waals surface area contributed by atoms with Gasteiger partial charge >= 0.3 is 0 Å². The molecule has 0 aliphatic carbocycles. The van der Waals surface area contributed by atoms with E-state index in [1.165, 1.54) is 12.1 Å². The first-order valence-corrected chi connectivity index (χ1v) is 6.89. The van der Waals surface area contributed by atoms with Crippen LogP contribution in [0.15, 0.2) is 24.3 Å². The molecule has 19 heavy (non-hydrogen) atoms. The Kier molecular flexibility index (Phi) is 4.91. The average Bonchev–Trinajstić information content (AvgIpc) is 2.42. The fourth-order valence-corrected chi connectivity index (χ4v) is 2.90. The molecule has 1 aromatic carbocycles. The minimum atomic E-state index is -0.203. The van der Waals surface area contributed by atoms with Crippen LogP contribution in [-0.4, -0.2) is 37.2 Å². The Morgan fingerprint density at radius 3 is 2.32 bits per heavy atom. The highest BCUT2D eigenvalue weighted by Crippen LogP contribution is 2.27. The molecule has 1 aromatic rings. The van der Waals surface area contributed by atoms with Crippen molar-refractivity contribution in [3.8, 4) is 0 Å². The Morgan fingerprint density at radius 1 is 1.26 bits per heavy atom. The van der Waals surface area contributed by atoms with Crippen molar-refractivity contribution in [2.45, 2.75) is 38.0 Å². The zero-order valence-corrected chi connectivity index (χ0v) is 11.7. The fraction of sp³-hybridized carbons (Fsp3) is 0.600. The molecule has 1 fully saturated rings. The maximum atomic E-state index is 13.0. The molecule has 2 rings (SSSR count). The minimum Gasteiger partial charge on any atom is -0.381 e. The molecule has 0 spiro atoms. The predicted molar refractivity (Wildman–Crippen MR) is 74.4 cm³/mol. The molecule has 1 saturated heterocycles. The van der Waals surface area contributed by atoms with Crippen molar-refractivity contribution in [1.29, 1.82) is 0 Å². The van der Waals surface area contributed by atoms with Gasteiger partial charge < -0.3 is 10.5 Å². The van der Waals surface area contributed by atoms with E-state index in [0.29, 0.717) is 6.10 Å². The van der Waals surface area contributed by atoms with Gasteiger partial charge in [-0.2, -0.15) is 0 Å². The van der Waals surface area contributed by atoms with Crippen molar-refractivity contribution in [2.75, 3.05) is 20.2 Å². The van der Waals surface area contributed by atoms with Gasteiger partial charge in [0, 0.05) is 32.3 Å². The Hall–Kier alpha value is -0.970. The third-order valence-corrected chi connectivity index (χ3v) is 3.91. The van der Waals surface area contributed by atoms with Crippen molar-refractivity contribution in [2.24, 2.45) is 5.73 Å². The molecule has 4 heteroatoms. The maximum Gasteiger partial charge on any atom is 0.123 e. The fourth-order valence-electron chi connectivity index (χ4n) is 2.90. The average molecular weight is 266 g/mol. The molecule has 0 saturated carbocycles. The molecule has 1 aliphatic heterocycles. The van der Waals surface area contributed by atoms with Crippen molar-refractivity contribution in [3.05, 3.63) is 35.6 Å². The number of piperidine rings is 1. The van der Waals surface area contributed by atoms with E-state index in [2.05, 4.69) is 4.90 Å². The summed E-state index contributed by atoms with van der Waals surface area (Å²) in [7, 11) is 1.77. The van der Waals surface area contributed by atoms with Crippen LogP contribution in [0.25, 0.3) is 0 Å².